The van der Waals surface area contributed by atoms with E-state index >= 15 is 0 Å². The van der Waals surface area contributed by atoms with Gasteiger partial charge in [0.05, 0.1) is 12.1 Å². The molecule has 0 amide bonds. The van der Waals surface area contributed by atoms with Crippen LogP contribution in [0.25, 0.3) is 0 Å². The van der Waals surface area contributed by atoms with E-state index in [1.807, 2.05) is 20.0 Å². The van der Waals surface area contributed by atoms with Gasteiger partial charge in [0.1, 0.15) is 17.5 Å². The summed E-state index contributed by atoms with van der Waals surface area (Å²) in [6, 6.07) is 1.89. The molecule has 3 N–H and O–H groups in total. The molecule has 0 radical (unpaired) electrons. The van der Waals surface area contributed by atoms with Gasteiger partial charge in [0.2, 0.25) is 0 Å². The fourth-order valence-electron chi connectivity index (χ4n) is 2.58. The van der Waals surface area contributed by atoms with Crippen LogP contribution < -0.4 is 10.6 Å². The Hall–Kier alpha value is -1.36. The summed E-state index contributed by atoms with van der Waals surface area (Å²) in [7, 11) is 1.84. The van der Waals surface area contributed by atoms with Crippen LogP contribution in [-0.2, 0) is 0 Å². The van der Waals surface area contributed by atoms with Crippen LogP contribution in [0.15, 0.2) is 6.07 Å². The molecule has 18 heavy (non-hydrogen) atoms. The molecule has 0 atom stereocenters. The van der Waals surface area contributed by atoms with Crippen LogP contribution in [0.3, 0.4) is 0 Å². The third-order valence-electron chi connectivity index (χ3n) is 3.60. The number of hydrogen-bond donors (Lipinski definition) is 3. The molecule has 1 aromatic heterocycles. The number of aliphatic hydroxyl groups excluding tert-OH is 1. The molecule has 0 saturated heterocycles. The summed E-state index contributed by atoms with van der Waals surface area (Å²) < 4.78 is 0. The van der Waals surface area contributed by atoms with Crippen LogP contribution in [0.4, 0.5) is 11.6 Å². The second-order valence-corrected chi connectivity index (χ2v) is 5.06. The van der Waals surface area contributed by atoms with Crippen molar-refractivity contribution in [3.8, 4) is 0 Å². The van der Waals surface area contributed by atoms with E-state index in [4.69, 9.17) is 0 Å². The molecule has 5 nitrogen and oxygen atoms in total. The molecule has 1 aliphatic rings. The first-order chi connectivity index (χ1) is 8.67. The second kappa shape index (κ2) is 5.52. The Morgan fingerprint density at radius 2 is 1.89 bits per heavy atom. The monoisotopic (exact) mass is 250 g/mol. The number of rotatable bonds is 4. The molecule has 5 heteroatoms. The number of aromatic nitrogens is 2. The van der Waals surface area contributed by atoms with Gasteiger partial charge in [-0.1, -0.05) is 19.3 Å². The number of aliphatic hydroxyl groups is 1. The van der Waals surface area contributed by atoms with Crippen molar-refractivity contribution in [3.05, 3.63) is 11.9 Å². The highest BCUT2D eigenvalue weighted by Crippen LogP contribution is 2.31. The Balaban J connectivity index is 2.18. The summed E-state index contributed by atoms with van der Waals surface area (Å²) in [5.74, 6) is 2.32. The van der Waals surface area contributed by atoms with Gasteiger partial charge in [-0.3, -0.25) is 0 Å². The molecule has 0 aliphatic heterocycles. The van der Waals surface area contributed by atoms with Crippen LogP contribution in [0, 0.1) is 6.92 Å². The fraction of sp³-hybridized carbons (Fsp3) is 0.692. The molecule has 2 rings (SSSR count). The summed E-state index contributed by atoms with van der Waals surface area (Å²) in [6.07, 6.45) is 5.59. The maximum atomic E-state index is 9.68. The lowest BCUT2D eigenvalue weighted by atomic mass is 9.82. The zero-order chi connectivity index (χ0) is 13.0. The third-order valence-corrected chi connectivity index (χ3v) is 3.60. The second-order valence-electron chi connectivity index (χ2n) is 5.06. The molecule has 0 unspecified atom stereocenters. The van der Waals surface area contributed by atoms with Crippen molar-refractivity contribution in [1.29, 1.82) is 0 Å². The lowest BCUT2D eigenvalue weighted by molar-refractivity contribution is 0.172. The van der Waals surface area contributed by atoms with Crippen molar-refractivity contribution in [3.63, 3.8) is 0 Å². The van der Waals surface area contributed by atoms with E-state index in [1.165, 1.54) is 6.42 Å². The first-order valence-corrected chi connectivity index (χ1v) is 6.60. The van der Waals surface area contributed by atoms with Crippen molar-refractivity contribution in [2.45, 2.75) is 44.6 Å². The zero-order valence-corrected chi connectivity index (χ0v) is 11.2. The molecule has 1 aliphatic carbocycles. The lowest BCUT2D eigenvalue weighted by Crippen LogP contribution is -2.44. The number of nitrogens with zero attached hydrogens (tertiary/aromatic N) is 2. The summed E-state index contributed by atoms with van der Waals surface area (Å²) in [5, 5.41) is 16.1. The Kier molecular flexibility index (Phi) is 4.01. The quantitative estimate of drug-likeness (QED) is 0.761. The van der Waals surface area contributed by atoms with E-state index in [-0.39, 0.29) is 12.1 Å². The van der Waals surface area contributed by atoms with Crippen LogP contribution >= 0.6 is 0 Å². The first kappa shape index (κ1) is 13.1. The van der Waals surface area contributed by atoms with Crippen molar-refractivity contribution in [2.24, 2.45) is 0 Å². The van der Waals surface area contributed by atoms with Gasteiger partial charge >= 0.3 is 0 Å². The Morgan fingerprint density at radius 3 is 2.50 bits per heavy atom. The van der Waals surface area contributed by atoms with Gasteiger partial charge in [0.25, 0.3) is 0 Å². The number of aryl methyl sites for hydroxylation is 1. The standard InChI is InChI=1S/C13H22N4O/c1-10-15-11(14-2)8-12(16-10)17-13(9-18)6-4-3-5-7-13/h8,18H,3-7,9H2,1-2H3,(H2,14,15,16,17). The van der Waals surface area contributed by atoms with E-state index in [2.05, 4.69) is 20.6 Å². The Labute approximate surface area is 108 Å². The SMILES string of the molecule is CNc1cc(NC2(CO)CCCCC2)nc(C)n1. The van der Waals surface area contributed by atoms with Crippen LogP contribution in [0.2, 0.25) is 0 Å². The molecule has 1 heterocycles. The summed E-state index contributed by atoms with van der Waals surface area (Å²) in [4.78, 5) is 8.66. The summed E-state index contributed by atoms with van der Waals surface area (Å²) in [6.45, 7) is 2.03. The van der Waals surface area contributed by atoms with Gasteiger partial charge in [-0.15, -0.1) is 0 Å². The van der Waals surface area contributed by atoms with E-state index < -0.39 is 0 Å². The Morgan fingerprint density at radius 1 is 1.22 bits per heavy atom. The van der Waals surface area contributed by atoms with E-state index in [9.17, 15) is 5.11 Å². The highest BCUT2D eigenvalue weighted by Gasteiger charge is 2.31. The van der Waals surface area contributed by atoms with E-state index in [1.54, 1.807) is 0 Å². The van der Waals surface area contributed by atoms with Gasteiger partial charge in [-0.05, 0) is 19.8 Å². The van der Waals surface area contributed by atoms with Crippen molar-refractivity contribution < 1.29 is 5.11 Å². The molecule has 0 spiro atoms. The molecular weight excluding hydrogens is 228 g/mol. The van der Waals surface area contributed by atoms with Gasteiger partial charge in [0, 0.05) is 13.1 Å². The highest BCUT2D eigenvalue weighted by molar-refractivity contribution is 5.48. The lowest BCUT2D eigenvalue weighted by Gasteiger charge is -2.37. The molecule has 0 bridgehead atoms. The third kappa shape index (κ3) is 2.90. The maximum absolute atomic E-state index is 9.68. The number of nitrogens with one attached hydrogen (secondary N) is 2. The van der Waals surface area contributed by atoms with Gasteiger partial charge in [-0.2, -0.15) is 0 Å². The van der Waals surface area contributed by atoms with E-state index in [0.717, 1.165) is 43.1 Å². The fourth-order valence-corrected chi connectivity index (χ4v) is 2.58. The summed E-state index contributed by atoms with van der Waals surface area (Å²) in [5.41, 5.74) is -0.204. The predicted molar refractivity (Wildman–Crippen MR) is 72.8 cm³/mol. The number of hydrogen-bond acceptors (Lipinski definition) is 5. The summed E-state index contributed by atoms with van der Waals surface area (Å²) >= 11 is 0. The van der Waals surface area contributed by atoms with Crippen LogP contribution in [0.1, 0.15) is 37.9 Å². The average Bonchev–Trinajstić information content (AvgIpc) is 2.39. The molecule has 1 fully saturated rings. The zero-order valence-electron chi connectivity index (χ0n) is 11.2. The predicted octanol–water partition coefficient (Wildman–Crippen LogP) is 1.93. The molecule has 100 valence electrons. The van der Waals surface area contributed by atoms with Gasteiger partial charge in [-0.25, -0.2) is 9.97 Å². The minimum Gasteiger partial charge on any atom is -0.394 e. The largest absolute Gasteiger partial charge is 0.394 e. The van der Waals surface area contributed by atoms with Crippen LogP contribution in [0.5, 0.6) is 0 Å². The smallest absolute Gasteiger partial charge is 0.132 e. The van der Waals surface area contributed by atoms with Crippen molar-refractivity contribution >= 4 is 11.6 Å². The number of anilines is 2. The maximum Gasteiger partial charge on any atom is 0.132 e. The van der Waals surface area contributed by atoms with Crippen LogP contribution in [-0.4, -0.2) is 34.3 Å². The van der Waals surface area contributed by atoms with Crippen molar-refractivity contribution in [1.82, 2.24) is 9.97 Å². The minimum absolute atomic E-state index is 0.158. The van der Waals surface area contributed by atoms with E-state index in [0.29, 0.717) is 0 Å². The molecule has 1 aromatic rings. The minimum atomic E-state index is -0.204. The van der Waals surface area contributed by atoms with Gasteiger partial charge < -0.3 is 15.7 Å². The first-order valence-electron chi connectivity index (χ1n) is 6.60. The normalized spacial score (nSPS) is 18.4. The molecule has 1 saturated carbocycles. The molecule has 0 aromatic carbocycles. The highest BCUT2D eigenvalue weighted by atomic mass is 16.3. The van der Waals surface area contributed by atoms with Crippen molar-refractivity contribution in [2.75, 3.05) is 24.3 Å². The topological polar surface area (TPSA) is 70.1 Å². The average molecular weight is 250 g/mol. The molecular formula is C13H22N4O. The Bertz CT molecular complexity index is 402. The van der Waals surface area contributed by atoms with Gasteiger partial charge in [0.15, 0.2) is 0 Å².